The molecular formula is C19H15ClN2O5S. The molecule has 0 spiro atoms. The van der Waals surface area contributed by atoms with Crippen LogP contribution in [0.3, 0.4) is 0 Å². The minimum atomic E-state index is -1.13. The van der Waals surface area contributed by atoms with Gasteiger partial charge >= 0.3 is 5.97 Å². The van der Waals surface area contributed by atoms with Gasteiger partial charge in [-0.15, -0.1) is 10.2 Å². The topological polar surface area (TPSA) is 94.7 Å². The van der Waals surface area contributed by atoms with Gasteiger partial charge in [0.05, 0.1) is 14.2 Å². The number of halogens is 1. The molecule has 1 aromatic heterocycles. The van der Waals surface area contributed by atoms with E-state index in [1.807, 2.05) is 0 Å². The molecule has 0 atom stereocenters. The number of aromatic nitrogens is 2. The molecule has 0 amide bonds. The van der Waals surface area contributed by atoms with Crippen molar-refractivity contribution in [1.82, 2.24) is 10.2 Å². The molecule has 0 saturated heterocycles. The number of benzene rings is 2. The fourth-order valence-corrected chi connectivity index (χ4v) is 3.06. The number of hydrogen-bond donors (Lipinski definition) is 1. The number of nitrogens with zero attached hydrogens (tertiary/aromatic N) is 2. The van der Waals surface area contributed by atoms with Crippen LogP contribution in [0.2, 0.25) is 5.02 Å². The lowest BCUT2D eigenvalue weighted by Gasteiger charge is -2.08. The summed E-state index contributed by atoms with van der Waals surface area (Å²) in [6, 6.07) is 12.0. The molecule has 0 unspecified atom stereocenters. The summed E-state index contributed by atoms with van der Waals surface area (Å²) in [6.07, 6.45) is 1.47. The Morgan fingerprint density at radius 2 is 1.89 bits per heavy atom. The number of ether oxygens (including phenoxy) is 2. The number of methoxy groups -OCH3 is 2. The highest BCUT2D eigenvalue weighted by molar-refractivity contribution is 8.03. The van der Waals surface area contributed by atoms with E-state index < -0.39 is 5.97 Å². The monoisotopic (exact) mass is 418 g/mol. The number of hydrogen-bond acceptors (Lipinski definition) is 7. The molecule has 0 saturated carbocycles. The predicted molar refractivity (Wildman–Crippen MR) is 106 cm³/mol. The lowest BCUT2D eigenvalue weighted by atomic mass is 10.1. The van der Waals surface area contributed by atoms with E-state index in [0.717, 1.165) is 11.8 Å². The first-order valence-electron chi connectivity index (χ1n) is 7.94. The fraction of sp³-hybridized carbons (Fsp3) is 0.105. The van der Waals surface area contributed by atoms with Gasteiger partial charge in [-0.2, -0.15) is 0 Å². The maximum absolute atomic E-state index is 11.7. The van der Waals surface area contributed by atoms with Gasteiger partial charge in [0.1, 0.15) is 16.4 Å². The van der Waals surface area contributed by atoms with E-state index in [1.54, 1.807) is 42.5 Å². The van der Waals surface area contributed by atoms with Crippen molar-refractivity contribution in [2.45, 2.75) is 5.22 Å². The van der Waals surface area contributed by atoms with Crippen molar-refractivity contribution in [3.63, 3.8) is 0 Å². The van der Waals surface area contributed by atoms with E-state index in [2.05, 4.69) is 10.2 Å². The van der Waals surface area contributed by atoms with Crippen molar-refractivity contribution < 1.29 is 23.8 Å². The molecule has 0 aliphatic carbocycles. The predicted octanol–water partition coefficient (Wildman–Crippen LogP) is 4.63. The first-order chi connectivity index (χ1) is 13.5. The van der Waals surface area contributed by atoms with Crippen LogP contribution < -0.4 is 9.47 Å². The second-order valence-corrected chi connectivity index (χ2v) is 6.83. The summed E-state index contributed by atoms with van der Waals surface area (Å²) < 4.78 is 16.0. The molecule has 3 aromatic rings. The molecule has 28 heavy (non-hydrogen) atoms. The molecule has 0 bridgehead atoms. The van der Waals surface area contributed by atoms with Crippen molar-refractivity contribution >= 4 is 35.4 Å². The minimum absolute atomic E-state index is 0.00484. The van der Waals surface area contributed by atoms with Gasteiger partial charge in [-0.1, -0.05) is 11.6 Å². The number of carboxylic acids is 1. The highest BCUT2D eigenvalue weighted by Crippen LogP contribution is 2.33. The van der Waals surface area contributed by atoms with Crippen LogP contribution in [-0.4, -0.2) is 35.5 Å². The van der Waals surface area contributed by atoms with Crippen LogP contribution in [0.25, 0.3) is 17.5 Å². The fourth-order valence-electron chi connectivity index (χ4n) is 2.27. The normalized spacial score (nSPS) is 11.3. The first kappa shape index (κ1) is 19.8. The summed E-state index contributed by atoms with van der Waals surface area (Å²) in [4.78, 5) is 11.7. The Bertz CT molecular complexity index is 1020. The minimum Gasteiger partial charge on any atom is -0.497 e. The van der Waals surface area contributed by atoms with Crippen molar-refractivity contribution in [2.75, 3.05) is 14.2 Å². The van der Waals surface area contributed by atoms with Crippen LogP contribution >= 0.6 is 23.4 Å². The van der Waals surface area contributed by atoms with Crippen LogP contribution in [0.5, 0.6) is 11.5 Å². The number of rotatable bonds is 7. The lowest BCUT2D eigenvalue weighted by Crippen LogP contribution is -1.98. The summed E-state index contributed by atoms with van der Waals surface area (Å²) in [7, 11) is 3.03. The molecule has 0 radical (unpaired) electrons. The molecule has 3 rings (SSSR count). The summed E-state index contributed by atoms with van der Waals surface area (Å²) >= 11 is 6.72. The Morgan fingerprint density at radius 1 is 1.14 bits per heavy atom. The van der Waals surface area contributed by atoms with Gasteiger partial charge in [-0.3, -0.25) is 0 Å². The Kier molecular flexibility index (Phi) is 6.23. The Hall–Kier alpha value is -2.97. The van der Waals surface area contributed by atoms with E-state index in [4.69, 9.17) is 25.5 Å². The third-order valence-corrected chi connectivity index (χ3v) is 4.74. The summed E-state index contributed by atoms with van der Waals surface area (Å²) in [5, 5.41) is 18.1. The van der Waals surface area contributed by atoms with Crippen molar-refractivity contribution in [1.29, 1.82) is 0 Å². The van der Waals surface area contributed by atoms with Gasteiger partial charge in [0.2, 0.25) is 5.89 Å². The molecule has 0 fully saturated rings. The van der Waals surface area contributed by atoms with Crippen LogP contribution in [0.1, 0.15) is 5.56 Å². The van der Waals surface area contributed by atoms with E-state index in [9.17, 15) is 9.90 Å². The zero-order valence-corrected chi connectivity index (χ0v) is 16.5. The standard InChI is InChI=1S/C19H15ClN2O5S/c1-25-14-8-5-12(15(10-14)26-2)9-16(18(23)24)28-19-22-21-17(27-19)11-3-6-13(20)7-4-11/h3-10H,1-2H3,(H,23,24)/b16-9-. The van der Waals surface area contributed by atoms with Crippen LogP contribution in [0, 0.1) is 0 Å². The molecule has 1 heterocycles. The lowest BCUT2D eigenvalue weighted by molar-refractivity contribution is -0.131. The molecular weight excluding hydrogens is 404 g/mol. The Morgan fingerprint density at radius 3 is 2.54 bits per heavy atom. The van der Waals surface area contributed by atoms with Gasteiger partial charge in [-0.25, -0.2) is 4.79 Å². The molecule has 0 aliphatic heterocycles. The zero-order chi connectivity index (χ0) is 20.1. The third kappa shape index (κ3) is 4.65. The molecule has 0 aliphatic rings. The van der Waals surface area contributed by atoms with Gasteiger partial charge in [0.25, 0.3) is 5.22 Å². The van der Waals surface area contributed by atoms with Crippen molar-refractivity contribution in [3.05, 3.63) is 58.0 Å². The second-order valence-electron chi connectivity index (χ2n) is 5.40. The molecule has 9 heteroatoms. The van der Waals surface area contributed by atoms with E-state index in [-0.39, 0.29) is 16.0 Å². The summed E-state index contributed by atoms with van der Waals surface area (Å²) in [5.41, 5.74) is 1.26. The average Bonchev–Trinajstić information content (AvgIpc) is 3.16. The quantitative estimate of drug-likeness (QED) is 0.438. The van der Waals surface area contributed by atoms with Gasteiger partial charge < -0.3 is 19.0 Å². The first-order valence-corrected chi connectivity index (χ1v) is 9.14. The van der Waals surface area contributed by atoms with Crippen molar-refractivity contribution in [3.8, 4) is 23.0 Å². The van der Waals surface area contributed by atoms with Crippen molar-refractivity contribution in [2.24, 2.45) is 0 Å². The average molecular weight is 419 g/mol. The largest absolute Gasteiger partial charge is 0.497 e. The maximum Gasteiger partial charge on any atom is 0.342 e. The van der Waals surface area contributed by atoms with Gasteiger partial charge in [0.15, 0.2) is 0 Å². The second kappa shape index (κ2) is 8.81. The molecule has 2 aromatic carbocycles. The van der Waals surface area contributed by atoms with Gasteiger partial charge in [0, 0.05) is 22.2 Å². The van der Waals surface area contributed by atoms with Crippen LogP contribution in [0.4, 0.5) is 0 Å². The number of thioether (sulfide) groups is 1. The Labute approximate surface area is 169 Å². The van der Waals surface area contributed by atoms with E-state index in [0.29, 0.717) is 27.6 Å². The zero-order valence-electron chi connectivity index (χ0n) is 14.9. The summed E-state index contributed by atoms with van der Waals surface area (Å²) in [5.74, 6) is 0.217. The van der Waals surface area contributed by atoms with Crippen LogP contribution in [0.15, 0.2) is 57.0 Å². The molecule has 7 nitrogen and oxygen atoms in total. The highest BCUT2D eigenvalue weighted by Gasteiger charge is 2.17. The highest BCUT2D eigenvalue weighted by atomic mass is 35.5. The van der Waals surface area contributed by atoms with Gasteiger partial charge in [-0.05, 0) is 54.2 Å². The Balaban J connectivity index is 1.87. The van der Waals surface area contributed by atoms with E-state index >= 15 is 0 Å². The number of carbonyl (C=O) groups is 1. The molecule has 144 valence electrons. The number of aliphatic carboxylic acids is 1. The SMILES string of the molecule is COc1ccc(/C=C(\Sc2nnc(-c3ccc(Cl)cc3)o2)C(=O)O)c(OC)c1. The smallest absolute Gasteiger partial charge is 0.342 e. The molecule has 1 N–H and O–H groups in total. The van der Waals surface area contributed by atoms with Crippen LogP contribution in [-0.2, 0) is 4.79 Å². The number of carboxylic acid groups (broad SMARTS) is 1. The summed E-state index contributed by atoms with van der Waals surface area (Å²) in [6.45, 7) is 0. The third-order valence-electron chi connectivity index (χ3n) is 3.63. The van der Waals surface area contributed by atoms with E-state index in [1.165, 1.54) is 20.3 Å². The maximum atomic E-state index is 11.7.